The molecule has 0 aliphatic rings. The van der Waals surface area contributed by atoms with E-state index in [9.17, 15) is 13.2 Å². The Morgan fingerprint density at radius 3 is 2.35 bits per heavy atom. The van der Waals surface area contributed by atoms with Crippen LogP contribution in [0, 0.1) is 0 Å². The molecule has 1 N–H and O–H groups in total. The Hall–Kier alpha value is -1.11. The lowest BCUT2D eigenvalue weighted by atomic mass is 10.4. The molecule has 17 heavy (non-hydrogen) atoms. The number of benzene rings is 1. The largest absolute Gasteiger partial charge is 0.468 e. The lowest BCUT2D eigenvalue weighted by molar-refractivity contribution is -0.142. The summed E-state index contributed by atoms with van der Waals surface area (Å²) in [6.45, 7) is 1.40. The molecule has 0 spiro atoms. The van der Waals surface area contributed by atoms with Gasteiger partial charge in [-0.2, -0.15) is 4.72 Å². The van der Waals surface area contributed by atoms with Crippen molar-refractivity contribution in [1.29, 1.82) is 0 Å². The highest BCUT2D eigenvalue weighted by Gasteiger charge is 2.22. The van der Waals surface area contributed by atoms with Crippen LogP contribution in [0.25, 0.3) is 0 Å². The SMILES string of the molecule is COC(=O)[C@H](C)NS(=O)(=O)c1ccc(Cl)cc1. The van der Waals surface area contributed by atoms with Gasteiger partial charge in [0.15, 0.2) is 0 Å². The van der Waals surface area contributed by atoms with E-state index >= 15 is 0 Å². The van der Waals surface area contributed by atoms with E-state index < -0.39 is 22.0 Å². The van der Waals surface area contributed by atoms with Gasteiger partial charge >= 0.3 is 5.97 Å². The Morgan fingerprint density at radius 2 is 1.88 bits per heavy atom. The first-order valence-electron chi connectivity index (χ1n) is 4.72. The Bertz CT molecular complexity index is 498. The monoisotopic (exact) mass is 277 g/mol. The van der Waals surface area contributed by atoms with Crippen molar-refractivity contribution in [3.05, 3.63) is 29.3 Å². The van der Waals surface area contributed by atoms with Crippen LogP contribution in [0.2, 0.25) is 5.02 Å². The number of ether oxygens (including phenoxy) is 1. The molecule has 0 aliphatic heterocycles. The van der Waals surface area contributed by atoms with Gasteiger partial charge in [0.2, 0.25) is 10.0 Å². The van der Waals surface area contributed by atoms with Gasteiger partial charge in [-0.25, -0.2) is 8.42 Å². The lowest BCUT2D eigenvalue weighted by Crippen LogP contribution is -2.39. The van der Waals surface area contributed by atoms with Gasteiger partial charge in [0.1, 0.15) is 6.04 Å². The fraction of sp³-hybridized carbons (Fsp3) is 0.300. The van der Waals surface area contributed by atoms with Crippen LogP contribution in [-0.4, -0.2) is 27.5 Å². The first-order chi connectivity index (χ1) is 7.86. The van der Waals surface area contributed by atoms with Crippen LogP contribution in [0.1, 0.15) is 6.92 Å². The molecular formula is C10H12ClNO4S. The van der Waals surface area contributed by atoms with Crippen LogP contribution in [0.4, 0.5) is 0 Å². The number of carbonyl (C=O) groups is 1. The minimum Gasteiger partial charge on any atom is -0.468 e. The Kier molecular flexibility index (Phi) is 4.50. The molecule has 0 unspecified atom stereocenters. The van der Waals surface area contributed by atoms with Crippen molar-refractivity contribution >= 4 is 27.6 Å². The van der Waals surface area contributed by atoms with E-state index in [2.05, 4.69) is 9.46 Å². The highest BCUT2D eigenvalue weighted by atomic mass is 35.5. The molecule has 0 saturated heterocycles. The summed E-state index contributed by atoms with van der Waals surface area (Å²) < 4.78 is 30.2. The Labute approximate surface area is 105 Å². The fourth-order valence-corrected chi connectivity index (χ4v) is 2.46. The average Bonchev–Trinajstić information content (AvgIpc) is 2.27. The molecule has 94 valence electrons. The van der Waals surface area contributed by atoms with Gasteiger partial charge in [0.05, 0.1) is 12.0 Å². The van der Waals surface area contributed by atoms with Crippen LogP contribution in [0.5, 0.6) is 0 Å². The maximum absolute atomic E-state index is 11.8. The van der Waals surface area contributed by atoms with E-state index in [1.54, 1.807) is 0 Å². The quantitative estimate of drug-likeness (QED) is 0.839. The van der Waals surface area contributed by atoms with Crippen LogP contribution in [0.15, 0.2) is 29.2 Å². The Balaban J connectivity index is 2.89. The smallest absolute Gasteiger partial charge is 0.323 e. The van der Waals surface area contributed by atoms with Gasteiger partial charge in [-0.1, -0.05) is 11.6 Å². The maximum atomic E-state index is 11.8. The summed E-state index contributed by atoms with van der Waals surface area (Å²) in [4.78, 5) is 11.1. The number of rotatable bonds is 4. The van der Waals surface area contributed by atoms with Crippen molar-refractivity contribution < 1.29 is 17.9 Å². The van der Waals surface area contributed by atoms with E-state index in [4.69, 9.17) is 11.6 Å². The predicted octanol–water partition coefficient (Wildman–Crippen LogP) is 1.18. The van der Waals surface area contributed by atoms with Crippen molar-refractivity contribution in [3.63, 3.8) is 0 Å². The Morgan fingerprint density at radius 1 is 1.35 bits per heavy atom. The third kappa shape index (κ3) is 3.69. The van der Waals surface area contributed by atoms with Crippen molar-refractivity contribution in [1.82, 2.24) is 4.72 Å². The molecule has 0 aromatic heterocycles. The highest BCUT2D eigenvalue weighted by Crippen LogP contribution is 2.14. The molecule has 1 rings (SSSR count). The highest BCUT2D eigenvalue weighted by molar-refractivity contribution is 7.89. The topological polar surface area (TPSA) is 72.5 Å². The molecule has 0 radical (unpaired) electrons. The number of esters is 1. The molecule has 0 saturated carbocycles. The number of hydrogen-bond donors (Lipinski definition) is 1. The van der Waals surface area contributed by atoms with Crippen molar-refractivity contribution in [2.24, 2.45) is 0 Å². The number of nitrogens with one attached hydrogen (secondary N) is 1. The minimum absolute atomic E-state index is 0.0395. The summed E-state index contributed by atoms with van der Waals surface area (Å²) in [5.74, 6) is -0.650. The third-order valence-electron chi connectivity index (χ3n) is 2.01. The maximum Gasteiger partial charge on any atom is 0.323 e. The van der Waals surface area contributed by atoms with Gasteiger partial charge in [0, 0.05) is 5.02 Å². The summed E-state index contributed by atoms with van der Waals surface area (Å²) in [7, 11) is -2.55. The van der Waals surface area contributed by atoms with Crippen LogP contribution < -0.4 is 4.72 Å². The van der Waals surface area contributed by atoms with Crippen molar-refractivity contribution in [2.75, 3.05) is 7.11 Å². The minimum atomic E-state index is -3.74. The van der Waals surface area contributed by atoms with E-state index in [1.807, 2.05) is 0 Å². The summed E-state index contributed by atoms with van der Waals surface area (Å²) >= 11 is 5.65. The van der Waals surface area contributed by atoms with E-state index in [-0.39, 0.29) is 4.90 Å². The second-order valence-electron chi connectivity index (χ2n) is 3.32. The van der Waals surface area contributed by atoms with Gasteiger partial charge in [-0.05, 0) is 31.2 Å². The second-order valence-corrected chi connectivity index (χ2v) is 5.47. The third-order valence-corrected chi connectivity index (χ3v) is 3.82. The lowest BCUT2D eigenvalue weighted by Gasteiger charge is -2.11. The molecule has 0 aliphatic carbocycles. The van der Waals surface area contributed by atoms with E-state index in [1.165, 1.54) is 38.3 Å². The number of carbonyl (C=O) groups excluding carboxylic acids is 1. The number of hydrogen-bond acceptors (Lipinski definition) is 4. The molecule has 1 aromatic carbocycles. The summed E-state index contributed by atoms with van der Waals surface area (Å²) in [5.41, 5.74) is 0. The molecular weight excluding hydrogens is 266 g/mol. The molecule has 0 amide bonds. The summed E-state index contributed by atoms with van der Waals surface area (Å²) in [6, 6.07) is 4.68. The molecule has 0 heterocycles. The zero-order chi connectivity index (χ0) is 13.1. The van der Waals surface area contributed by atoms with E-state index in [0.717, 1.165) is 0 Å². The van der Waals surface area contributed by atoms with Gasteiger partial charge < -0.3 is 4.74 Å². The first kappa shape index (κ1) is 14.0. The van der Waals surface area contributed by atoms with Gasteiger partial charge in [0.25, 0.3) is 0 Å². The number of halogens is 1. The molecule has 1 aromatic rings. The van der Waals surface area contributed by atoms with Crippen LogP contribution >= 0.6 is 11.6 Å². The number of methoxy groups -OCH3 is 1. The molecule has 0 bridgehead atoms. The zero-order valence-electron chi connectivity index (χ0n) is 9.31. The predicted molar refractivity (Wildman–Crippen MR) is 63.3 cm³/mol. The normalized spacial score (nSPS) is 13.1. The second kappa shape index (κ2) is 5.48. The molecule has 7 heteroatoms. The van der Waals surface area contributed by atoms with Crippen molar-refractivity contribution in [2.45, 2.75) is 17.9 Å². The fourth-order valence-electron chi connectivity index (χ4n) is 1.14. The van der Waals surface area contributed by atoms with Gasteiger partial charge in [-0.3, -0.25) is 4.79 Å². The van der Waals surface area contributed by atoms with E-state index in [0.29, 0.717) is 5.02 Å². The zero-order valence-corrected chi connectivity index (χ0v) is 10.9. The molecule has 1 atom stereocenters. The van der Waals surface area contributed by atoms with Crippen LogP contribution in [-0.2, 0) is 19.6 Å². The summed E-state index contributed by atoms with van der Waals surface area (Å²) in [6.07, 6.45) is 0. The van der Waals surface area contributed by atoms with Crippen molar-refractivity contribution in [3.8, 4) is 0 Å². The molecule has 5 nitrogen and oxygen atoms in total. The van der Waals surface area contributed by atoms with Crippen LogP contribution in [0.3, 0.4) is 0 Å². The van der Waals surface area contributed by atoms with Gasteiger partial charge in [-0.15, -0.1) is 0 Å². The first-order valence-corrected chi connectivity index (χ1v) is 6.58. The average molecular weight is 278 g/mol. The molecule has 0 fully saturated rings. The number of sulfonamides is 1. The summed E-state index contributed by atoms with van der Waals surface area (Å²) in [5, 5.41) is 0.435. The standard InChI is InChI=1S/C10H12ClNO4S/c1-7(10(13)16-2)12-17(14,15)9-5-3-8(11)4-6-9/h3-7,12H,1-2H3/t7-/m0/s1.